The van der Waals surface area contributed by atoms with Gasteiger partial charge in [0.25, 0.3) is 0 Å². The molecule has 1 aromatic heterocycles. The van der Waals surface area contributed by atoms with Crippen molar-refractivity contribution in [3.8, 4) is 0 Å². The van der Waals surface area contributed by atoms with Crippen molar-refractivity contribution in [2.45, 2.75) is 12.8 Å². The lowest BCUT2D eigenvalue weighted by Crippen LogP contribution is -2.15. The molecule has 0 amide bonds. The molecule has 0 fully saturated rings. The number of nitrogens with zero attached hydrogens (tertiary/aromatic N) is 2. The lowest BCUT2D eigenvalue weighted by atomic mass is 10.4. The Bertz CT molecular complexity index is 355. The van der Waals surface area contributed by atoms with E-state index in [4.69, 9.17) is 9.15 Å². The van der Waals surface area contributed by atoms with Crippen molar-refractivity contribution in [2.24, 2.45) is 4.99 Å². The van der Waals surface area contributed by atoms with E-state index in [-0.39, 0.29) is 0 Å². The Balaban J connectivity index is 2.15. The number of rotatable bonds is 3. The fourth-order valence-electron chi connectivity index (χ4n) is 1.24. The summed E-state index contributed by atoms with van der Waals surface area (Å²) in [5.41, 5.74) is 0.682. The van der Waals surface area contributed by atoms with Gasteiger partial charge < -0.3 is 9.15 Å². The summed E-state index contributed by atoms with van der Waals surface area (Å²) in [5, 5.41) is 0. The fourth-order valence-corrected chi connectivity index (χ4v) is 1.24. The van der Waals surface area contributed by atoms with Crippen LogP contribution in [-0.2, 0) is 11.2 Å². The Kier molecular flexibility index (Phi) is 2.62. The molecule has 2 heterocycles. The zero-order chi connectivity index (χ0) is 9.80. The summed E-state index contributed by atoms with van der Waals surface area (Å²) < 4.78 is 10.6. The first kappa shape index (κ1) is 8.99. The first-order valence-corrected chi connectivity index (χ1v) is 4.63. The standard InChI is InChI=1S/C10H12N2O2/c1-2-4-9-12-8(7-14-9)10-11-5-3-6-13-10/h2,7H,1,3-6H2. The molecule has 4 heteroatoms. The van der Waals surface area contributed by atoms with Gasteiger partial charge >= 0.3 is 0 Å². The molecule has 0 bridgehead atoms. The van der Waals surface area contributed by atoms with Crippen LogP contribution in [0.2, 0.25) is 0 Å². The predicted molar refractivity (Wildman–Crippen MR) is 52.4 cm³/mol. The van der Waals surface area contributed by atoms with Gasteiger partial charge in [0.2, 0.25) is 5.90 Å². The van der Waals surface area contributed by atoms with E-state index in [0.717, 1.165) is 13.0 Å². The van der Waals surface area contributed by atoms with Gasteiger partial charge in [-0.3, -0.25) is 0 Å². The highest BCUT2D eigenvalue weighted by atomic mass is 16.5. The van der Waals surface area contributed by atoms with E-state index in [9.17, 15) is 0 Å². The zero-order valence-electron chi connectivity index (χ0n) is 7.90. The molecule has 4 nitrogen and oxygen atoms in total. The Labute approximate surface area is 82.3 Å². The van der Waals surface area contributed by atoms with E-state index in [1.54, 1.807) is 12.3 Å². The van der Waals surface area contributed by atoms with Crippen molar-refractivity contribution in [3.63, 3.8) is 0 Å². The SMILES string of the molecule is C=CCc1nc(C2=NCCCO2)co1. The molecule has 0 saturated carbocycles. The molecule has 1 aromatic rings. The number of allylic oxidation sites excluding steroid dienone is 1. The summed E-state index contributed by atoms with van der Waals surface area (Å²) in [6.45, 7) is 5.13. The molecule has 2 rings (SSSR count). The van der Waals surface area contributed by atoms with Crippen molar-refractivity contribution in [2.75, 3.05) is 13.2 Å². The summed E-state index contributed by atoms with van der Waals surface area (Å²) in [5.74, 6) is 1.24. The van der Waals surface area contributed by atoms with E-state index in [1.807, 2.05) is 0 Å². The monoisotopic (exact) mass is 192 g/mol. The van der Waals surface area contributed by atoms with Gasteiger partial charge in [-0.2, -0.15) is 0 Å². The highest BCUT2D eigenvalue weighted by Crippen LogP contribution is 2.08. The number of hydrogen-bond donors (Lipinski definition) is 0. The number of hydrogen-bond acceptors (Lipinski definition) is 4. The topological polar surface area (TPSA) is 47.6 Å². The Morgan fingerprint density at radius 2 is 2.50 bits per heavy atom. The molecule has 74 valence electrons. The van der Waals surface area contributed by atoms with Crippen LogP contribution in [0.5, 0.6) is 0 Å². The molecule has 0 radical (unpaired) electrons. The lowest BCUT2D eigenvalue weighted by molar-refractivity contribution is 0.283. The van der Waals surface area contributed by atoms with Crippen LogP contribution in [0.4, 0.5) is 0 Å². The van der Waals surface area contributed by atoms with Crippen molar-refractivity contribution < 1.29 is 9.15 Å². The molecule has 0 unspecified atom stereocenters. The third-order valence-corrected chi connectivity index (χ3v) is 1.89. The highest BCUT2D eigenvalue weighted by Gasteiger charge is 2.13. The largest absolute Gasteiger partial charge is 0.476 e. The summed E-state index contributed by atoms with van der Waals surface area (Å²) in [7, 11) is 0. The maximum atomic E-state index is 5.36. The summed E-state index contributed by atoms with van der Waals surface area (Å²) in [6.07, 6.45) is 4.93. The van der Waals surface area contributed by atoms with E-state index >= 15 is 0 Å². The number of oxazole rings is 1. The van der Waals surface area contributed by atoms with Crippen LogP contribution in [0.3, 0.4) is 0 Å². The van der Waals surface area contributed by atoms with Gasteiger partial charge in [0.1, 0.15) is 6.26 Å². The number of aliphatic imine (C=N–C) groups is 1. The maximum absolute atomic E-state index is 5.36. The van der Waals surface area contributed by atoms with Crippen LogP contribution < -0.4 is 0 Å². The molecule has 0 saturated heterocycles. The smallest absolute Gasteiger partial charge is 0.238 e. The van der Waals surface area contributed by atoms with Crippen LogP contribution in [0, 0.1) is 0 Å². The second-order valence-electron chi connectivity index (χ2n) is 3.01. The van der Waals surface area contributed by atoms with Gasteiger partial charge in [0.15, 0.2) is 11.6 Å². The highest BCUT2D eigenvalue weighted by molar-refractivity contribution is 5.92. The minimum Gasteiger partial charge on any atom is -0.476 e. The second-order valence-corrected chi connectivity index (χ2v) is 3.01. The summed E-state index contributed by atoms with van der Waals surface area (Å²) >= 11 is 0. The van der Waals surface area contributed by atoms with E-state index in [2.05, 4.69) is 16.6 Å². The predicted octanol–water partition coefficient (Wildman–Crippen LogP) is 1.57. The minimum absolute atomic E-state index is 0.593. The van der Waals surface area contributed by atoms with Crippen LogP contribution in [-0.4, -0.2) is 24.0 Å². The molecule has 0 N–H and O–H groups in total. The molecule has 1 aliphatic heterocycles. The fraction of sp³-hybridized carbons (Fsp3) is 0.400. The zero-order valence-corrected chi connectivity index (χ0v) is 7.90. The quantitative estimate of drug-likeness (QED) is 0.683. The number of ether oxygens (including phenoxy) is 1. The van der Waals surface area contributed by atoms with Crippen molar-refractivity contribution in [3.05, 3.63) is 30.5 Å². The molecular formula is C10H12N2O2. The molecule has 1 aliphatic rings. The Morgan fingerprint density at radius 3 is 3.21 bits per heavy atom. The Hall–Kier alpha value is -1.58. The molecular weight excluding hydrogens is 180 g/mol. The number of aromatic nitrogens is 1. The molecule has 0 aliphatic carbocycles. The van der Waals surface area contributed by atoms with Crippen LogP contribution in [0.25, 0.3) is 0 Å². The van der Waals surface area contributed by atoms with Crippen LogP contribution >= 0.6 is 0 Å². The first-order valence-electron chi connectivity index (χ1n) is 4.63. The van der Waals surface area contributed by atoms with Gasteiger partial charge in [-0.25, -0.2) is 9.98 Å². The summed E-state index contributed by atoms with van der Waals surface area (Å²) in [4.78, 5) is 8.45. The molecule has 0 aromatic carbocycles. The van der Waals surface area contributed by atoms with E-state index < -0.39 is 0 Å². The second kappa shape index (κ2) is 4.09. The lowest BCUT2D eigenvalue weighted by Gasteiger charge is -2.10. The van der Waals surface area contributed by atoms with Crippen molar-refractivity contribution in [1.82, 2.24) is 4.98 Å². The molecule has 0 atom stereocenters. The molecule has 0 spiro atoms. The normalized spacial score (nSPS) is 15.9. The maximum Gasteiger partial charge on any atom is 0.238 e. The van der Waals surface area contributed by atoms with Gasteiger partial charge in [-0.05, 0) is 0 Å². The third-order valence-electron chi connectivity index (χ3n) is 1.89. The first-order chi connectivity index (χ1) is 6.90. The van der Waals surface area contributed by atoms with Crippen LogP contribution in [0.15, 0.2) is 28.3 Å². The molecule has 14 heavy (non-hydrogen) atoms. The average molecular weight is 192 g/mol. The van der Waals surface area contributed by atoms with Gasteiger partial charge in [0, 0.05) is 19.4 Å². The summed E-state index contributed by atoms with van der Waals surface area (Å²) in [6, 6.07) is 0. The van der Waals surface area contributed by atoms with Gasteiger partial charge in [-0.1, -0.05) is 6.08 Å². The Morgan fingerprint density at radius 1 is 1.57 bits per heavy atom. The van der Waals surface area contributed by atoms with E-state index in [0.29, 0.717) is 30.5 Å². The van der Waals surface area contributed by atoms with Crippen molar-refractivity contribution in [1.29, 1.82) is 0 Å². The van der Waals surface area contributed by atoms with Gasteiger partial charge in [0.05, 0.1) is 6.61 Å². The van der Waals surface area contributed by atoms with Crippen LogP contribution in [0.1, 0.15) is 18.0 Å². The minimum atomic E-state index is 0.593. The average Bonchev–Trinajstić information content (AvgIpc) is 2.68. The third kappa shape index (κ3) is 1.84. The van der Waals surface area contributed by atoms with E-state index in [1.165, 1.54) is 0 Å². The van der Waals surface area contributed by atoms with Gasteiger partial charge in [-0.15, -0.1) is 6.58 Å². The van der Waals surface area contributed by atoms with Crippen molar-refractivity contribution >= 4 is 5.90 Å².